The Labute approximate surface area is 140 Å². The average molecular weight is 359 g/mol. The zero-order valence-corrected chi connectivity index (χ0v) is 14.1. The summed E-state index contributed by atoms with van der Waals surface area (Å²) >= 11 is 1.03. The maximum atomic E-state index is 12.1. The van der Waals surface area contributed by atoms with Gasteiger partial charge in [0.05, 0.1) is 10.9 Å². The molecule has 6 nitrogen and oxygen atoms in total. The molecule has 1 N–H and O–H groups in total. The topological polar surface area (TPSA) is 72.7 Å². The minimum Gasteiger partial charge on any atom is -0.346 e. The number of hydrogen-bond acceptors (Lipinski definition) is 5. The largest absolute Gasteiger partial charge is 0.405 e. The van der Waals surface area contributed by atoms with E-state index in [1.807, 2.05) is 25.2 Å². The van der Waals surface area contributed by atoms with Gasteiger partial charge in [-0.15, -0.1) is 10.2 Å². The summed E-state index contributed by atoms with van der Waals surface area (Å²) < 4.78 is 37.9. The van der Waals surface area contributed by atoms with E-state index in [-0.39, 0.29) is 0 Å². The molecule has 0 aliphatic heterocycles. The van der Waals surface area contributed by atoms with Gasteiger partial charge < -0.3 is 5.32 Å². The van der Waals surface area contributed by atoms with Crippen LogP contribution in [0.15, 0.2) is 23.2 Å². The van der Waals surface area contributed by atoms with E-state index >= 15 is 0 Å². The van der Waals surface area contributed by atoms with Crippen LogP contribution in [0, 0.1) is 13.8 Å². The van der Waals surface area contributed by atoms with Crippen molar-refractivity contribution < 1.29 is 18.0 Å². The van der Waals surface area contributed by atoms with Crippen molar-refractivity contribution in [2.75, 3.05) is 6.54 Å². The Balaban J connectivity index is 1.98. The molecule has 10 heteroatoms. The number of carbonyl (C=O) groups is 1. The third kappa shape index (κ3) is 4.95. The van der Waals surface area contributed by atoms with Gasteiger partial charge in [0.2, 0.25) is 5.91 Å². The molecule has 2 aromatic heterocycles. The van der Waals surface area contributed by atoms with Crippen LogP contribution in [0.4, 0.5) is 13.2 Å². The Morgan fingerprint density at radius 2 is 2.04 bits per heavy atom. The third-order valence-corrected chi connectivity index (χ3v) is 4.01. The predicted molar refractivity (Wildman–Crippen MR) is 83.0 cm³/mol. The second-order valence-electron chi connectivity index (χ2n) is 5.16. The van der Waals surface area contributed by atoms with Gasteiger partial charge in [-0.05, 0) is 39.0 Å². The number of alkyl halides is 3. The summed E-state index contributed by atoms with van der Waals surface area (Å²) in [4.78, 5) is 11.6. The van der Waals surface area contributed by atoms with Crippen molar-refractivity contribution in [2.24, 2.45) is 0 Å². The Morgan fingerprint density at radius 3 is 2.54 bits per heavy atom. The maximum Gasteiger partial charge on any atom is 0.405 e. The molecule has 0 bridgehead atoms. The van der Waals surface area contributed by atoms with E-state index in [1.165, 1.54) is 6.92 Å². The number of carbonyl (C=O) groups excluding carboxylic acids is 1. The SMILES string of the molecule is Cc1cc(C)n(-c2ccc(S[C@H](C)C(=O)NCC(F)(F)F)nn2)n1. The lowest BCUT2D eigenvalue weighted by Gasteiger charge is -2.12. The van der Waals surface area contributed by atoms with Gasteiger partial charge in [0.1, 0.15) is 11.6 Å². The van der Waals surface area contributed by atoms with Gasteiger partial charge in [-0.3, -0.25) is 4.79 Å². The molecule has 0 aliphatic carbocycles. The van der Waals surface area contributed by atoms with Crippen LogP contribution in [0.3, 0.4) is 0 Å². The third-order valence-electron chi connectivity index (χ3n) is 2.98. The number of rotatable bonds is 5. The molecule has 0 saturated carbocycles. The summed E-state index contributed by atoms with van der Waals surface area (Å²) in [5.41, 5.74) is 1.75. The fourth-order valence-electron chi connectivity index (χ4n) is 1.92. The van der Waals surface area contributed by atoms with Crippen molar-refractivity contribution in [2.45, 2.75) is 37.2 Å². The Hall–Kier alpha value is -2.10. The summed E-state index contributed by atoms with van der Waals surface area (Å²) in [6.45, 7) is 3.91. The second kappa shape index (κ2) is 7.20. The van der Waals surface area contributed by atoms with Gasteiger partial charge in [0.25, 0.3) is 0 Å². The van der Waals surface area contributed by atoms with Crippen LogP contribution in [-0.2, 0) is 4.79 Å². The highest BCUT2D eigenvalue weighted by Gasteiger charge is 2.29. The molecule has 0 fully saturated rings. The number of aryl methyl sites for hydroxylation is 2. The number of nitrogens with zero attached hydrogens (tertiary/aromatic N) is 4. The van der Waals surface area contributed by atoms with Crippen LogP contribution in [0.5, 0.6) is 0 Å². The highest BCUT2D eigenvalue weighted by atomic mass is 32.2. The molecule has 0 unspecified atom stereocenters. The van der Waals surface area contributed by atoms with E-state index in [4.69, 9.17) is 0 Å². The van der Waals surface area contributed by atoms with Crippen molar-refractivity contribution in [3.63, 3.8) is 0 Å². The standard InChI is InChI=1S/C14H16F3N5OS/c1-8-6-9(2)22(21-8)11-4-5-12(20-19-11)24-10(3)13(23)18-7-14(15,16)17/h4-6,10H,7H2,1-3H3,(H,18,23)/t10-/m1/s1. The molecule has 1 amide bonds. The van der Waals surface area contributed by atoms with Crippen molar-refractivity contribution >= 4 is 17.7 Å². The van der Waals surface area contributed by atoms with Gasteiger partial charge in [-0.1, -0.05) is 11.8 Å². The normalized spacial score (nSPS) is 12.9. The number of thioether (sulfide) groups is 1. The monoisotopic (exact) mass is 359 g/mol. The van der Waals surface area contributed by atoms with Crippen molar-refractivity contribution in [1.29, 1.82) is 0 Å². The van der Waals surface area contributed by atoms with Crippen molar-refractivity contribution in [3.05, 3.63) is 29.6 Å². The zero-order chi connectivity index (χ0) is 17.9. The van der Waals surface area contributed by atoms with Gasteiger partial charge in [-0.2, -0.15) is 18.3 Å². The highest BCUT2D eigenvalue weighted by Crippen LogP contribution is 2.22. The summed E-state index contributed by atoms with van der Waals surface area (Å²) in [7, 11) is 0. The average Bonchev–Trinajstić information content (AvgIpc) is 2.83. The number of amides is 1. The van der Waals surface area contributed by atoms with Gasteiger partial charge in [0.15, 0.2) is 5.82 Å². The van der Waals surface area contributed by atoms with Crippen LogP contribution in [0.2, 0.25) is 0 Å². The molecule has 0 radical (unpaired) electrons. The zero-order valence-electron chi connectivity index (χ0n) is 13.3. The van der Waals surface area contributed by atoms with Crippen LogP contribution < -0.4 is 5.32 Å². The van der Waals surface area contributed by atoms with E-state index < -0.39 is 23.9 Å². The molecule has 0 aromatic carbocycles. The molecule has 1 atom stereocenters. The second-order valence-corrected chi connectivity index (χ2v) is 6.52. The van der Waals surface area contributed by atoms with E-state index in [9.17, 15) is 18.0 Å². The summed E-state index contributed by atoms with van der Waals surface area (Å²) in [6, 6.07) is 5.24. The number of hydrogen-bond donors (Lipinski definition) is 1. The summed E-state index contributed by atoms with van der Waals surface area (Å²) in [5, 5.41) is 13.9. The van der Waals surface area contributed by atoms with E-state index in [0.29, 0.717) is 10.8 Å². The summed E-state index contributed by atoms with van der Waals surface area (Å²) in [5.74, 6) is -0.180. The fraction of sp³-hybridized carbons (Fsp3) is 0.429. The maximum absolute atomic E-state index is 12.1. The Morgan fingerprint density at radius 1 is 1.33 bits per heavy atom. The van der Waals surface area contributed by atoms with Crippen molar-refractivity contribution in [3.8, 4) is 5.82 Å². The molecule has 2 rings (SSSR count). The Kier molecular flexibility index (Phi) is 5.47. The van der Waals surface area contributed by atoms with Crippen LogP contribution in [-0.4, -0.2) is 43.9 Å². The first-order chi connectivity index (χ1) is 11.2. The van der Waals surface area contributed by atoms with Gasteiger partial charge in [-0.25, -0.2) is 4.68 Å². The lowest BCUT2D eigenvalue weighted by molar-refractivity contribution is -0.137. The number of nitrogens with one attached hydrogen (secondary N) is 1. The lowest BCUT2D eigenvalue weighted by Crippen LogP contribution is -2.38. The van der Waals surface area contributed by atoms with Crippen LogP contribution >= 0.6 is 11.8 Å². The molecule has 130 valence electrons. The lowest BCUT2D eigenvalue weighted by atomic mass is 10.4. The van der Waals surface area contributed by atoms with Crippen LogP contribution in [0.1, 0.15) is 18.3 Å². The quantitative estimate of drug-likeness (QED) is 0.830. The van der Waals surface area contributed by atoms with Crippen LogP contribution in [0.25, 0.3) is 5.82 Å². The molecule has 2 heterocycles. The molecule has 0 aliphatic rings. The molecule has 2 aromatic rings. The Bertz CT molecular complexity index is 714. The minimum atomic E-state index is -4.43. The molecule has 0 saturated heterocycles. The first-order valence-corrected chi connectivity index (χ1v) is 7.92. The highest BCUT2D eigenvalue weighted by molar-refractivity contribution is 8.00. The molecular formula is C14H16F3N5OS. The van der Waals surface area contributed by atoms with E-state index in [2.05, 4.69) is 15.3 Å². The van der Waals surface area contributed by atoms with Gasteiger partial charge >= 0.3 is 6.18 Å². The minimum absolute atomic E-state index is 0.440. The smallest absolute Gasteiger partial charge is 0.346 e. The van der Waals surface area contributed by atoms with E-state index in [0.717, 1.165) is 23.1 Å². The molecule has 0 spiro atoms. The first-order valence-electron chi connectivity index (χ1n) is 7.04. The van der Waals surface area contributed by atoms with Crippen molar-refractivity contribution in [1.82, 2.24) is 25.3 Å². The number of halogens is 3. The van der Waals surface area contributed by atoms with Gasteiger partial charge in [0, 0.05) is 5.69 Å². The first kappa shape index (κ1) is 18.2. The fourth-order valence-corrected chi connectivity index (χ4v) is 2.70. The number of aromatic nitrogens is 4. The molecule has 24 heavy (non-hydrogen) atoms. The molecular weight excluding hydrogens is 343 g/mol. The summed E-state index contributed by atoms with van der Waals surface area (Å²) in [6.07, 6.45) is -4.43. The van der Waals surface area contributed by atoms with E-state index in [1.54, 1.807) is 16.8 Å². The predicted octanol–water partition coefficient (Wildman–Crippen LogP) is 2.44.